The van der Waals surface area contributed by atoms with Gasteiger partial charge < -0.3 is 18.9 Å². The minimum absolute atomic E-state index is 0.173. The van der Waals surface area contributed by atoms with E-state index in [2.05, 4.69) is 76.2 Å². The van der Waals surface area contributed by atoms with Gasteiger partial charge in [0.2, 0.25) is 0 Å². The summed E-state index contributed by atoms with van der Waals surface area (Å²) >= 11 is 0. The normalized spacial score (nSPS) is 26.6. The van der Waals surface area contributed by atoms with E-state index in [1.54, 1.807) is 0 Å². The summed E-state index contributed by atoms with van der Waals surface area (Å²) < 4.78 is 25.1. The lowest BCUT2D eigenvalue weighted by atomic mass is 9.98. The van der Waals surface area contributed by atoms with E-state index in [4.69, 9.17) is 18.9 Å². The Morgan fingerprint density at radius 2 is 1.06 bits per heavy atom. The average molecular weight is 481 g/mol. The molecule has 0 N–H and O–H groups in total. The summed E-state index contributed by atoms with van der Waals surface area (Å²) in [6, 6.07) is 17.0. The fraction of sp³-hybridized carbons (Fsp3) is 0.613. The molecule has 4 rings (SSSR count). The van der Waals surface area contributed by atoms with Gasteiger partial charge in [-0.1, -0.05) is 52.0 Å². The van der Waals surface area contributed by atoms with Gasteiger partial charge in [-0.05, 0) is 85.8 Å². The molecule has 2 fully saturated rings. The van der Waals surface area contributed by atoms with Crippen LogP contribution in [0.5, 0.6) is 11.5 Å². The van der Waals surface area contributed by atoms with Crippen molar-refractivity contribution in [1.82, 2.24) is 0 Å². The first-order valence-corrected chi connectivity index (χ1v) is 13.9. The predicted octanol–water partition coefficient (Wildman–Crippen LogP) is 8.35. The lowest BCUT2D eigenvalue weighted by Crippen LogP contribution is -2.38. The van der Waals surface area contributed by atoms with Crippen LogP contribution in [-0.2, 0) is 9.47 Å². The van der Waals surface area contributed by atoms with Gasteiger partial charge in [-0.15, -0.1) is 0 Å². The molecule has 0 amide bonds. The fourth-order valence-corrected chi connectivity index (χ4v) is 5.06. The second-order valence-corrected chi connectivity index (χ2v) is 10.5. The number of rotatable bonds is 10. The summed E-state index contributed by atoms with van der Waals surface area (Å²) in [5.41, 5.74) is 2.72. The standard InChI is InChI=1S/C31H44O4/c1-5-22(3)24-13-17-26(18-14-24)32-30-11-7-9-28(34-30)21-29-10-8-12-31(35-29)33-27-19-15-25(16-20-27)23(4)6-2/h13-20,22-23,28-31H,5-12,21H2,1-4H3. The van der Waals surface area contributed by atoms with Crippen LogP contribution in [0, 0.1) is 0 Å². The average Bonchev–Trinajstić information content (AvgIpc) is 2.89. The van der Waals surface area contributed by atoms with Crippen molar-refractivity contribution < 1.29 is 18.9 Å². The molecule has 2 saturated heterocycles. The van der Waals surface area contributed by atoms with Gasteiger partial charge in [-0.2, -0.15) is 0 Å². The molecule has 192 valence electrons. The maximum absolute atomic E-state index is 6.35. The third-order valence-corrected chi connectivity index (χ3v) is 7.80. The summed E-state index contributed by atoms with van der Waals surface area (Å²) in [7, 11) is 0. The summed E-state index contributed by atoms with van der Waals surface area (Å²) in [6.45, 7) is 8.97. The van der Waals surface area contributed by atoms with Crippen molar-refractivity contribution in [2.24, 2.45) is 0 Å². The summed E-state index contributed by atoms with van der Waals surface area (Å²) in [6.07, 6.45) is 9.43. The smallest absolute Gasteiger partial charge is 0.200 e. The number of hydrogen-bond acceptors (Lipinski definition) is 4. The first-order chi connectivity index (χ1) is 17.0. The predicted molar refractivity (Wildman–Crippen MR) is 141 cm³/mol. The molecule has 2 aromatic carbocycles. The van der Waals surface area contributed by atoms with Crippen LogP contribution in [-0.4, -0.2) is 24.8 Å². The van der Waals surface area contributed by atoms with Crippen molar-refractivity contribution in [2.45, 2.75) is 122 Å². The highest BCUT2D eigenvalue weighted by molar-refractivity contribution is 5.30. The molecule has 2 aromatic rings. The Bertz CT molecular complexity index is 804. The molecule has 6 atom stereocenters. The lowest BCUT2D eigenvalue weighted by Gasteiger charge is -2.35. The molecule has 0 saturated carbocycles. The van der Waals surface area contributed by atoms with E-state index >= 15 is 0 Å². The highest BCUT2D eigenvalue weighted by Gasteiger charge is 2.30. The van der Waals surface area contributed by atoms with Gasteiger partial charge in [0.15, 0.2) is 12.6 Å². The van der Waals surface area contributed by atoms with Crippen LogP contribution in [0.3, 0.4) is 0 Å². The molecule has 4 nitrogen and oxygen atoms in total. The second-order valence-electron chi connectivity index (χ2n) is 10.5. The summed E-state index contributed by atoms with van der Waals surface area (Å²) in [4.78, 5) is 0. The van der Waals surface area contributed by atoms with Crippen LogP contribution in [0.25, 0.3) is 0 Å². The molecule has 6 unspecified atom stereocenters. The number of hydrogen-bond donors (Lipinski definition) is 0. The van der Waals surface area contributed by atoms with E-state index in [1.165, 1.54) is 11.1 Å². The molecule has 0 radical (unpaired) electrons. The minimum atomic E-state index is -0.178. The van der Waals surface area contributed by atoms with Crippen LogP contribution < -0.4 is 9.47 Å². The molecule has 2 heterocycles. The van der Waals surface area contributed by atoms with Crippen molar-refractivity contribution >= 4 is 0 Å². The maximum atomic E-state index is 6.35. The zero-order valence-corrected chi connectivity index (χ0v) is 22.1. The van der Waals surface area contributed by atoms with Crippen molar-refractivity contribution in [3.63, 3.8) is 0 Å². The van der Waals surface area contributed by atoms with Gasteiger partial charge >= 0.3 is 0 Å². The molecule has 0 spiro atoms. The van der Waals surface area contributed by atoms with Crippen LogP contribution >= 0.6 is 0 Å². The van der Waals surface area contributed by atoms with E-state index in [1.807, 2.05) is 0 Å². The van der Waals surface area contributed by atoms with Gasteiger partial charge in [0, 0.05) is 19.3 Å². The van der Waals surface area contributed by atoms with E-state index in [-0.39, 0.29) is 24.8 Å². The van der Waals surface area contributed by atoms with Crippen LogP contribution in [0.2, 0.25) is 0 Å². The first kappa shape index (κ1) is 26.0. The van der Waals surface area contributed by atoms with Crippen LogP contribution in [0.15, 0.2) is 48.5 Å². The molecule has 35 heavy (non-hydrogen) atoms. The number of benzene rings is 2. The largest absolute Gasteiger partial charge is 0.465 e. The van der Waals surface area contributed by atoms with Gasteiger partial charge in [0.1, 0.15) is 11.5 Å². The lowest BCUT2D eigenvalue weighted by molar-refractivity contribution is -0.186. The molecular weight excluding hydrogens is 436 g/mol. The number of ether oxygens (including phenoxy) is 4. The Balaban J connectivity index is 1.24. The molecule has 2 aliphatic heterocycles. The topological polar surface area (TPSA) is 36.9 Å². The van der Waals surface area contributed by atoms with Crippen molar-refractivity contribution in [1.29, 1.82) is 0 Å². The van der Waals surface area contributed by atoms with Crippen molar-refractivity contribution in [3.8, 4) is 11.5 Å². The third-order valence-electron chi connectivity index (χ3n) is 7.80. The zero-order valence-electron chi connectivity index (χ0n) is 22.1. The summed E-state index contributed by atoms with van der Waals surface area (Å²) in [5, 5.41) is 0. The Hall–Kier alpha value is -2.04. The molecular formula is C31H44O4. The Morgan fingerprint density at radius 3 is 1.43 bits per heavy atom. The second kappa shape index (κ2) is 12.8. The molecule has 0 aliphatic carbocycles. The van der Waals surface area contributed by atoms with Crippen molar-refractivity contribution in [2.75, 3.05) is 0 Å². The van der Waals surface area contributed by atoms with Gasteiger partial charge in [0.05, 0.1) is 12.2 Å². The fourth-order valence-electron chi connectivity index (χ4n) is 5.06. The summed E-state index contributed by atoms with van der Waals surface area (Å²) in [5.74, 6) is 2.94. The van der Waals surface area contributed by atoms with Crippen LogP contribution in [0.4, 0.5) is 0 Å². The van der Waals surface area contributed by atoms with Crippen LogP contribution in [0.1, 0.15) is 108 Å². The quantitative estimate of drug-likeness (QED) is 0.342. The van der Waals surface area contributed by atoms with Gasteiger partial charge in [-0.3, -0.25) is 0 Å². The van der Waals surface area contributed by atoms with Gasteiger partial charge in [-0.25, -0.2) is 0 Å². The molecule has 0 aromatic heterocycles. The molecule has 2 aliphatic rings. The Morgan fingerprint density at radius 1 is 0.657 bits per heavy atom. The van der Waals surface area contributed by atoms with E-state index in [0.717, 1.165) is 69.3 Å². The SMILES string of the molecule is CCC(C)c1ccc(OC2CCCC(CC3CCCC(Oc4ccc(C(C)CC)cc4)O3)O2)cc1. The third kappa shape index (κ3) is 7.47. The first-order valence-electron chi connectivity index (χ1n) is 13.9. The van der Waals surface area contributed by atoms with E-state index in [0.29, 0.717) is 11.8 Å². The molecule has 0 bridgehead atoms. The molecule has 4 heteroatoms. The highest BCUT2D eigenvalue weighted by Crippen LogP contribution is 2.31. The monoisotopic (exact) mass is 480 g/mol. The Kier molecular flexibility index (Phi) is 9.51. The minimum Gasteiger partial charge on any atom is -0.465 e. The van der Waals surface area contributed by atoms with E-state index < -0.39 is 0 Å². The highest BCUT2D eigenvalue weighted by atomic mass is 16.7. The maximum Gasteiger partial charge on any atom is 0.200 e. The Labute approximate surface area is 212 Å². The zero-order chi connectivity index (χ0) is 24.6. The van der Waals surface area contributed by atoms with Gasteiger partial charge in [0.25, 0.3) is 0 Å². The van der Waals surface area contributed by atoms with Crippen molar-refractivity contribution in [3.05, 3.63) is 59.7 Å². The van der Waals surface area contributed by atoms with E-state index in [9.17, 15) is 0 Å².